The molecule has 5 heteroatoms. The SMILES string of the molecule is CCCC1([C@H](O)C/C=C/[C@H]2[C@H](O)CC(=O)[C@@H]2C/C=C/CCCC(=O)O)CCC1. The number of ketones is 1. The smallest absolute Gasteiger partial charge is 0.303 e. The summed E-state index contributed by atoms with van der Waals surface area (Å²) in [7, 11) is 0. The third kappa shape index (κ3) is 6.02. The van der Waals surface area contributed by atoms with Crippen LogP contribution in [0.5, 0.6) is 0 Å². The number of aliphatic hydroxyl groups is 2. The topological polar surface area (TPSA) is 94.8 Å². The molecule has 0 spiro atoms. The Hall–Kier alpha value is -1.46. The zero-order chi connectivity index (χ0) is 20.6. The molecule has 0 aromatic heterocycles. The maximum atomic E-state index is 12.2. The second-order valence-corrected chi connectivity index (χ2v) is 8.56. The van der Waals surface area contributed by atoms with Gasteiger partial charge >= 0.3 is 5.97 Å². The summed E-state index contributed by atoms with van der Waals surface area (Å²) in [5.41, 5.74) is 0.0707. The monoisotopic (exact) mass is 392 g/mol. The van der Waals surface area contributed by atoms with Crippen LogP contribution in [0.2, 0.25) is 0 Å². The van der Waals surface area contributed by atoms with E-state index in [1.807, 2.05) is 24.3 Å². The molecular formula is C23H36O5. The van der Waals surface area contributed by atoms with Gasteiger partial charge in [-0.1, -0.05) is 44.1 Å². The number of aliphatic hydroxyl groups excluding tert-OH is 2. The first kappa shape index (κ1) is 22.8. The van der Waals surface area contributed by atoms with E-state index in [4.69, 9.17) is 5.11 Å². The van der Waals surface area contributed by atoms with E-state index in [1.54, 1.807) is 0 Å². The molecule has 2 aliphatic carbocycles. The van der Waals surface area contributed by atoms with Crippen molar-refractivity contribution in [2.24, 2.45) is 17.3 Å². The molecular weight excluding hydrogens is 356 g/mol. The molecule has 158 valence electrons. The van der Waals surface area contributed by atoms with Crippen LogP contribution < -0.4 is 0 Å². The molecule has 5 nitrogen and oxygen atoms in total. The number of carbonyl (C=O) groups excluding carboxylic acids is 1. The number of hydrogen-bond donors (Lipinski definition) is 3. The molecule has 0 saturated heterocycles. The van der Waals surface area contributed by atoms with Crippen LogP contribution >= 0.6 is 0 Å². The lowest BCUT2D eigenvalue weighted by Crippen LogP contribution is -2.41. The van der Waals surface area contributed by atoms with Crippen molar-refractivity contribution in [1.82, 2.24) is 0 Å². The van der Waals surface area contributed by atoms with Crippen molar-refractivity contribution < 1.29 is 24.9 Å². The van der Waals surface area contributed by atoms with Crippen LogP contribution in [0.3, 0.4) is 0 Å². The highest BCUT2D eigenvalue weighted by molar-refractivity contribution is 5.84. The number of unbranched alkanes of at least 4 members (excludes halogenated alkanes) is 1. The molecule has 0 amide bonds. The molecule has 0 unspecified atom stereocenters. The second-order valence-electron chi connectivity index (χ2n) is 8.56. The average molecular weight is 393 g/mol. The van der Waals surface area contributed by atoms with Crippen LogP contribution in [0.1, 0.15) is 77.6 Å². The first-order valence-corrected chi connectivity index (χ1v) is 10.8. The van der Waals surface area contributed by atoms with Crippen LogP contribution in [-0.2, 0) is 9.59 Å². The van der Waals surface area contributed by atoms with Crippen molar-refractivity contribution >= 4 is 11.8 Å². The Morgan fingerprint density at radius 3 is 2.64 bits per heavy atom. The van der Waals surface area contributed by atoms with Gasteiger partial charge in [-0.05, 0) is 50.4 Å². The standard InChI is InChI=1S/C23H36O5/c1-2-13-23(14-8-15-23)21(26)11-7-10-18-17(19(24)16-20(18)25)9-5-3-4-6-12-22(27)28/h3,5,7,10,17-18,20-21,25-26H,2,4,6,8-9,11-16H2,1H3,(H,27,28)/b5-3+,10-7+/t17-,18-,20-,21-/m1/s1. The number of carboxylic acid groups (broad SMARTS) is 1. The van der Waals surface area contributed by atoms with Gasteiger partial charge in [-0.2, -0.15) is 0 Å². The van der Waals surface area contributed by atoms with E-state index in [-0.39, 0.29) is 42.0 Å². The van der Waals surface area contributed by atoms with Gasteiger partial charge in [0.25, 0.3) is 0 Å². The number of carbonyl (C=O) groups is 2. The Kier molecular flexibility index (Phi) is 8.90. The molecule has 0 aromatic rings. The summed E-state index contributed by atoms with van der Waals surface area (Å²) in [6, 6.07) is 0. The maximum Gasteiger partial charge on any atom is 0.303 e. The predicted octanol–water partition coefficient (Wildman–Crippen LogP) is 4.03. The van der Waals surface area contributed by atoms with E-state index in [0.29, 0.717) is 25.7 Å². The molecule has 0 aliphatic heterocycles. The predicted molar refractivity (Wildman–Crippen MR) is 109 cm³/mol. The summed E-state index contributed by atoms with van der Waals surface area (Å²) in [6.07, 6.45) is 15.0. The van der Waals surface area contributed by atoms with Gasteiger partial charge < -0.3 is 15.3 Å². The van der Waals surface area contributed by atoms with Gasteiger partial charge in [0.05, 0.1) is 12.2 Å². The van der Waals surface area contributed by atoms with Gasteiger partial charge in [0, 0.05) is 24.7 Å². The van der Waals surface area contributed by atoms with Crippen molar-refractivity contribution in [3.8, 4) is 0 Å². The highest BCUT2D eigenvalue weighted by Crippen LogP contribution is 2.48. The van der Waals surface area contributed by atoms with Crippen LogP contribution in [0, 0.1) is 17.3 Å². The quantitative estimate of drug-likeness (QED) is 0.344. The van der Waals surface area contributed by atoms with Gasteiger partial charge in [-0.15, -0.1) is 0 Å². The van der Waals surface area contributed by atoms with Crippen LogP contribution in [0.4, 0.5) is 0 Å². The largest absolute Gasteiger partial charge is 0.481 e. The molecule has 28 heavy (non-hydrogen) atoms. The van der Waals surface area contributed by atoms with E-state index in [2.05, 4.69) is 6.92 Å². The molecule has 2 aliphatic rings. The molecule has 4 atom stereocenters. The Labute approximate surface area is 168 Å². The van der Waals surface area contributed by atoms with Crippen molar-refractivity contribution in [2.75, 3.05) is 0 Å². The Bertz CT molecular complexity index is 576. The Morgan fingerprint density at radius 2 is 2.04 bits per heavy atom. The first-order chi connectivity index (χ1) is 13.4. The van der Waals surface area contributed by atoms with Crippen LogP contribution in [0.15, 0.2) is 24.3 Å². The van der Waals surface area contributed by atoms with Crippen molar-refractivity contribution in [3.05, 3.63) is 24.3 Å². The van der Waals surface area contributed by atoms with Gasteiger partial charge in [-0.25, -0.2) is 0 Å². The molecule has 2 saturated carbocycles. The van der Waals surface area contributed by atoms with Crippen molar-refractivity contribution in [1.29, 1.82) is 0 Å². The van der Waals surface area contributed by atoms with E-state index in [0.717, 1.165) is 25.7 Å². The zero-order valence-corrected chi connectivity index (χ0v) is 17.1. The summed E-state index contributed by atoms with van der Waals surface area (Å²) in [5, 5.41) is 29.6. The van der Waals surface area contributed by atoms with Gasteiger partial charge in [-0.3, -0.25) is 9.59 Å². The third-order valence-electron chi connectivity index (χ3n) is 6.57. The number of hydrogen-bond acceptors (Lipinski definition) is 4. The fraction of sp³-hybridized carbons (Fsp3) is 0.739. The van der Waals surface area contributed by atoms with E-state index >= 15 is 0 Å². The first-order valence-electron chi connectivity index (χ1n) is 10.8. The summed E-state index contributed by atoms with van der Waals surface area (Å²) in [5.74, 6) is -1.14. The minimum atomic E-state index is -0.794. The maximum absolute atomic E-state index is 12.2. The normalized spacial score (nSPS) is 28.1. The average Bonchev–Trinajstić information content (AvgIpc) is 2.87. The second kappa shape index (κ2) is 10.9. The van der Waals surface area contributed by atoms with Gasteiger partial charge in [0.15, 0.2) is 0 Å². The summed E-state index contributed by atoms with van der Waals surface area (Å²) < 4.78 is 0. The van der Waals surface area contributed by atoms with Crippen molar-refractivity contribution in [2.45, 2.75) is 89.8 Å². The lowest BCUT2D eigenvalue weighted by molar-refractivity contribution is -0.137. The summed E-state index contributed by atoms with van der Waals surface area (Å²) >= 11 is 0. The van der Waals surface area contributed by atoms with E-state index in [1.165, 1.54) is 6.42 Å². The zero-order valence-electron chi connectivity index (χ0n) is 17.1. The highest BCUT2D eigenvalue weighted by Gasteiger charge is 2.42. The van der Waals surface area contributed by atoms with E-state index in [9.17, 15) is 19.8 Å². The van der Waals surface area contributed by atoms with Crippen LogP contribution in [0.25, 0.3) is 0 Å². The number of carboxylic acids is 1. The molecule has 0 aromatic carbocycles. The lowest BCUT2D eigenvalue weighted by atomic mass is 9.62. The summed E-state index contributed by atoms with van der Waals surface area (Å²) in [4.78, 5) is 22.8. The molecule has 0 radical (unpaired) electrons. The lowest BCUT2D eigenvalue weighted by Gasteiger charge is -2.45. The molecule has 0 bridgehead atoms. The minimum absolute atomic E-state index is 0.0707. The molecule has 3 N–H and O–H groups in total. The van der Waals surface area contributed by atoms with Crippen molar-refractivity contribution in [3.63, 3.8) is 0 Å². The number of allylic oxidation sites excluding steroid dienone is 2. The highest BCUT2D eigenvalue weighted by atomic mass is 16.4. The molecule has 0 heterocycles. The number of aliphatic carboxylic acids is 1. The van der Waals surface area contributed by atoms with Crippen LogP contribution in [-0.4, -0.2) is 39.3 Å². The fourth-order valence-corrected chi connectivity index (χ4v) is 4.75. The fourth-order valence-electron chi connectivity index (χ4n) is 4.75. The Morgan fingerprint density at radius 1 is 1.29 bits per heavy atom. The van der Waals surface area contributed by atoms with Gasteiger partial charge in [0.1, 0.15) is 5.78 Å². The summed E-state index contributed by atoms with van der Waals surface area (Å²) in [6.45, 7) is 2.16. The number of Topliss-reactive ketones (excluding diaryl/α,β-unsaturated/α-hetero) is 1. The Balaban J connectivity index is 1.85. The molecule has 2 rings (SSSR count). The van der Waals surface area contributed by atoms with E-state index < -0.39 is 12.1 Å². The number of rotatable bonds is 12. The molecule has 2 fully saturated rings. The third-order valence-corrected chi connectivity index (χ3v) is 6.57. The minimum Gasteiger partial charge on any atom is -0.481 e. The van der Waals surface area contributed by atoms with Gasteiger partial charge in [0.2, 0.25) is 0 Å².